The van der Waals surface area contributed by atoms with E-state index in [1.165, 1.54) is 21.8 Å². The van der Waals surface area contributed by atoms with Gasteiger partial charge in [-0.25, -0.2) is 15.0 Å². The van der Waals surface area contributed by atoms with Crippen LogP contribution in [0.25, 0.3) is 117 Å². The molecule has 0 spiro atoms. The number of hydrogen-bond donors (Lipinski definition) is 0. The van der Waals surface area contributed by atoms with E-state index in [1.54, 1.807) is 0 Å². The Bertz CT molecular complexity index is 3530. The number of rotatable bonds is 5. The minimum atomic E-state index is 0.536. The Kier molecular flexibility index (Phi) is 6.83. The molecule has 6 heteroatoms. The molecular weight excluding hydrogens is 701 g/mol. The molecule has 0 N–H and O–H groups in total. The molecular formula is C51H30N4O2. The third-order valence-corrected chi connectivity index (χ3v) is 11.1. The average molecular weight is 731 g/mol. The lowest BCUT2D eigenvalue weighted by Crippen LogP contribution is -2.00. The topological polar surface area (TPSA) is 69.9 Å². The van der Waals surface area contributed by atoms with E-state index in [0.717, 1.165) is 77.4 Å². The van der Waals surface area contributed by atoms with Gasteiger partial charge in [-0.1, -0.05) is 121 Å². The minimum Gasteiger partial charge on any atom is -0.456 e. The summed E-state index contributed by atoms with van der Waals surface area (Å²) in [6, 6.07) is 62.8. The van der Waals surface area contributed by atoms with E-state index >= 15 is 0 Å². The number of furan rings is 2. The molecule has 8 aromatic carbocycles. The highest BCUT2D eigenvalue weighted by atomic mass is 16.3. The van der Waals surface area contributed by atoms with Gasteiger partial charge in [0.25, 0.3) is 0 Å². The summed E-state index contributed by atoms with van der Waals surface area (Å²) in [7, 11) is 0. The Labute approximate surface area is 325 Å². The second-order valence-corrected chi connectivity index (χ2v) is 14.4. The summed E-state index contributed by atoms with van der Waals surface area (Å²) in [6.07, 6.45) is 0. The normalized spacial score (nSPS) is 11.9. The molecule has 0 bridgehead atoms. The average Bonchev–Trinajstić information content (AvgIpc) is 3.96. The van der Waals surface area contributed by atoms with Crippen molar-refractivity contribution in [3.63, 3.8) is 0 Å². The Balaban J connectivity index is 1.02. The van der Waals surface area contributed by atoms with Crippen molar-refractivity contribution in [3.05, 3.63) is 182 Å². The highest BCUT2D eigenvalue weighted by molar-refractivity contribution is 6.14. The van der Waals surface area contributed by atoms with Crippen molar-refractivity contribution >= 4 is 65.7 Å². The van der Waals surface area contributed by atoms with Crippen LogP contribution < -0.4 is 0 Å². The summed E-state index contributed by atoms with van der Waals surface area (Å²) >= 11 is 0. The first-order valence-corrected chi connectivity index (χ1v) is 19.0. The maximum absolute atomic E-state index is 6.70. The lowest BCUT2D eigenvalue weighted by atomic mass is 10.00. The fraction of sp³-hybridized carbons (Fsp3) is 0. The van der Waals surface area contributed by atoms with Gasteiger partial charge in [0, 0.05) is 49.1 Å². The van der Waals surface area contributed by atoms with E-state index in [-0.39, 0.29) is 0 Å². The molecule has 4 heterocycles. The zero-order valence-corrected chi connectivity index (χ0v) is 30.4. The summed E-state index contributed by atoms with van der Waals surface area (Å²) in [5.74, 6) is 1.68. The number of hydrogen-bond acceptors (Lipinski definition) is 5. The van der Waals surface area contributed by atoms with Crippen LogP contribution in [0.5, 0.6) is 0 Å². The predicted molar refractivity (Wildman–Crippen MR) is 230 cm³/mol. The largest absolute Gasteiger partial charge is 0.456 e. The van der Waals surface area contributed by atoms with Crippen LogP contribution in [0.4, 0.5) is 0 Å². The standard InChI is InChI=1S/C51H30N4O2/c1-3-13-31(14-4-1)49-52-50(38-20-12-24-46-47(38)37-18-8-10-23-44(37)56-46)54-51(53-49)39-21-11-19-36-41-30-33(26-28-45(41)57-48(36)39)32-25-27-43-40(29-32)35-17-7-9-22-42(35)55(43)34-15-5-2-6-16-34/h1-30H. The molecule has 0 aliphatic carbocycles. The molecule has 12 rings (SSSR count). The van der Waals surface area contributed by atoms with Gasteiger partial charge < -0.3 is 13.4 Å². The molecule has 0 unspecified atom stereocenters. The van der Waals surface area contributed by atoms with Gasteiger partial charge in [0.15, 0.2) is 17.5 Å². The van der Waals surface area contributed by atoms with E-state index in [4.69, 9.17) is 23.8 Å². The summed E-state index contributed by atoms with van der Waals surface area (Å²) in [4.78, 5) is 15.3. The zero-order valence-electron chi connectivity index (χ0n) is 30.4. The van der Waals surface area contributed by atoms with Crippen molar-refractivity contribution in [2.24, 2.45) is 0 Å². The summed E-state index contributed by atoms with van der Waals surface area (Å²) in [5.41, 5.74) is 11.5. The van der Waals surface area contributed by atoms with Crippen molar-refractivity contribution in [2.75, 3.05) is 0 Å². The van der Waals surface area contributed by atoms with E-state index in [0.29, 0.717) is 17.5 Å². The Morgan fingerprint density at radius 1 is 0.351 bits per heavy atom. The smallest absolute Gasteiger partial charge is 0.167 e. The maximum Gasteiger partial charge on any atom is 0.167 e. The number of benzene rings is 8. The number of fused-ring (bicyclic) bond motifs is 9. The second kappa shape index (κ2) is 12.3. The van der Waals surface area contributed by atoms with Crippen LogP contribution in [0, 0.1) is 0 Å². The van der Waals surface area contributed by atoms with Crippen LogP contribution in [0.15, 0.2) is 191 Å². The fourth-order valence-electron chi connectivity index (χ4n) is 8.46. The number of nitrogens with zero attached hydrogens (tertiary/aromatic N) is 4. The summed E-state index contributed by atoms with van der Waals surface area (Å²) in [5, 5.41) is 6.46. The van der Waals surface area contributed by atoms with Gasteiger partial charge in [0.05, 0.1) is 16.6 Å². The first-order chi connectivity index (χ1) is 28.2. The molecule has 266 valence electrons. The Morgan fingerprint density at radius 3 is 1.81 bits per heavy atom. The summed E-state index contributed by atoms with van der Waals surface area (Å²) < 4.78 is 15.3. The highest BCUT2D eigenvalue weighted by Gasteiger charge is 2.21. The molecule has 0 saturated carbocycles. The van der Waals surface area contributed by atoms with Crippen LogP contribution in [0.1, 0.15) is 0 Å². The first-order valence-electron chi connectivity index (χ1n) is 19.0. The van der Waals surface area contributed by atoms with Gasteiger partial charge in [-0.2, -0.15) is 0 Å². The van der Waals surface area contributed by atoms with Gasteiger partial charge in [0.1, 0.15) is 22.3 Å². The van der Waals surface area contributed by atoms with Gasteiger partial charge in [-0.15, -0.1) is 0 Å². The third-order valence-electron chi connectivity index (χ3n) is 11.1. The Morgan fingerprint density at radius 2 is 0.947 bits per heavy atom. The van der Waals surface area contributed by atoms with Crippen LogP contribution in [0.2, 0.25) is 0 Å². The molecule has 4 aromatic heterocycles. The number of para-hydroxylation sites is 4. The van der Waals surface area contributed by atoms with Gasteiger partial charge in [0.2, 0.25) is 0 Å². The lowest BCUT2D eigenvalue weighted by molar-refractivity contribution is 0.668. The maximum atomic E-state index is 6.70. The Hall–Kier alpha value is -7.83. The van der Waals surface area contributed by atoms with Crippen LogP contribution in [-0.4, -0.2) is 19.5 Å². The molecule has 0 atom stereocenters. The van der Waals surface area contributed by atoms with Crippen molar-refractivity contribution in [2.45, 2.75) is 0 Å². The van der Waals surface area contributed by atoms with Crippen molar-refractivity contribution < 1.29 is 8.83 Å². The molecule has 0 radical (unpaired) electrons. The fourth-order valence-corrected chi connectivity index (χ4v) is 8.46. The van der Waals surface area contributed by atoms with Crippen molar-refractivity contribution in [1.29, 1.82) is 0 Å². The molecule has 6 nitrogen and oxygen atoms in total. The van der Waals surface area contributed by atoms with Crippen molar-refractivity contribution in [1.82, 2.24) is 19.5 Å². The SMILES string of the molecule is c1ccc(-c2nc(-c3cccc4c3oc3ccc(-c5ccc6c(c5)c5ccccc5n6-c5ccccc5)cc34)nc(-c3cccc4oc5ccccc5c34)n2)cc1. The summed E-state index contributed by atoms with van der Waals surface area (Å²) in [6.45, 7) is 0. The van der Waals surface area contributed by atoms with Gasteiger partial charge in [-0.3, -0.25) is 0 Å². The van der Waals surface area contributed by atoms with Crippen LogP contribution >= 0.6 is 0 Å². The highest BCUT2D eigenvalue weighted by Crippen LogP contribution is 2.41. The minimum absolute atomic E-state index is 0.536. The van der Waals surface area contributed by atoms with Gasteiger partial charge in [-0.05, 0) is 71.8 Å². The van der Waals surface area contributed by atoms with Crippen LogP contribution in [-0.2, 0) is 0 Å². The van der Waals surface area contributed by atoms with Gasteiger partial charge >= 0.3 is 0 Å². The molecule has 12 aromatic rings. The molecule has 0 aliphatic rings. The van der Waals surface area contributed by atoms with E-state index in [2.05, 4.69) is 120 Å². The molecule has 0 aliphatic heterocycles. The monoisotopic (exact) mass is 730 g/mol. The van der Waals surface area contributed by atoms with E-state index < -0.39 is 0 Å². The second-order valence-electron chi connectivity index (χ2n) is 14.4. The first kappa shape index (κ1) is 31.5. The number of aromatic nitrogens is 4. The van der Waals surface area contributed by atoms with E-state index in [9.17, 15) is 0 Å². The molecule has 0 saturated heterocycles. The molecule has 57 heavy (non-hydrogen) atoms. The lowest BCUT2D eigenvalue weighted by Gasteiger charge is -2.09. The van der Waals surface area contributed by atoms with Crippen LogP contribution in [0.3, 0.4) is 0 Å². The third kappa shape index (κ3) is 4.94. The van der Waals surface area contributed by atoms with E-state index in [1.807, 2.05) is 66.7 Å². The predicted octanol–water partition coefficient (Wildman–Crippen LogP) is 13.4. The quantitative estimate of drug-likeness (QED) is 0.176. The molecule has 0 fully saturated rings. The molecule has 0 amide bonds. The zero-order chi connectivity index (χ0) is 37.5. The van der Waals surface area contributed by atoms with Crippen molar-refractivity contribution in [3.8, 4) is 51.0 Å².